The number of methoxy groups -OCH3 is 1. The fraction of sp³-hybridized carbons (Fsp3) is 0.350. The molecule has 2 atom stereocenters. The Bertz CT molecular complexity index is 813. The highest BCUT2D eigenvalue weighted by Crippen LogP contribution is 2.34. The number of ether oxygens (including phenoxy) is 2. The predicted octanol–water partition coefficient (Wildman–Crippen LogP) is 3.55. The summed E-state index contributed by atoms with van der Waals surface area (Å²) in [5.41, 5.74) is 1.23. The van der Waals surface area contributed by atoms with Gasteiger partial charge in [0.1, 0.15) is 5.75 Å². The molecule has 2 aromatic carbocycles. The monoisotopic (exact) mass is 376 g/mol. The van der Waals surface area contributed by atoms with Crippen molar-refractivity contribution in [2.24, 2.45) is 5.92 Å². The fourth-order valence-electron chi connectivity index (χ4n) is 2.89. The number of benzene rings is 2. The second-order valence-electron chi connectivity index (χ2n) is 6.03. The molecule has 0 aliphatic carbocycles. The first-order valence-corrected chi connectivity index (χ1v) is 10.2. The minimum Gasteiger partial charge on any atom is -0.497 e. The van der Waals surface area contributed by atoms with Crippen molar-refractivity contribution in [1.29, 1.82) is 0 Å². The minimum atomic E-state index is -3.65. The quantitative estimate of drug-likeness (QED) is 0.659. The lowest BCUT2D eigenvalue weighted by molar-refractivity contribution is -0.147. The molecule has 2 rings (SSSR count). The van der Waals surface area contributed by atoms with Crippen LogP contribution in [0.4, 0.5) is 0 Å². The lowest BCUT2D eigenvalue weighted by atomic mass is 10.0. The molecule has 2 unspecified atom stereocenters. The van der Waals surface area contributed by atoms with Crippen molar-refractivity contribution in [3.05, 3.63) is 65.7 Å². The first-order chi connectivity index (χ1) is 12.4. The molecular weight excluding hydrogens is 352 g/mol. The Balaban J connectivity index is 2.37. The molecule has 5 nitrogen and oxygen atoms in total. The maximum atomic E-state index is 13.2. The summed E-state index contributed by atoms with van der Waals surface area (Å²) in [6.45, 7) is 3.51. The van der Waals surface area contributed by atoms with Crippen LogP contribution in [0.3, 0.4) is 0 Å². The normalized spacial score (nSPS) is 13.7. The molecule has 0 spiro atoms. The van der Waals surface area contributed by atoms with E-state index >= 15 is 0 Å². The van der Waals surface area contributed by atoms with Gasteiger partial charge in [0.25, 0.3) is 0 Å². The van der Waals surface area contributed by atoms with E-state index < -0.39 is 27.0 Å². The van der Waals surface area contributed by atoms with E-state index in [4.69, 9.17) is 9.47 Å². The maximum absolute atomic E-state index is 13.2. The molecule has 0 amide bonds. The summed E-state index contributed by atoms with van der Waals surface area (Å²) in [6.07, 6.45) is 0. The summed E-state index contributed by atoms with van der Waals surface area (Å²) in [5, 5.41) is -0.968. The van der Waals surface area contributed by atoms with Crippen LogP contribution in [0, 0.1) is 5.92 Å². The van der Waals surface area contributed by atoms with Gasteiger partial charge in [-0.3, -0.25) is 4.79 Å². The molecule has 0 heterocycles. The Morgan fingerprint density at radius 3 is 2.19 bits per heavy atom. The van der Waals surface area contributed by atoms with Gasteiger partial charge in [0.2, 0.25) is 0 Å². The molecule has 2 aromatic rings. The van der Waals surface area contributed by atoms with Gasteiger partial charge in [-0.25, -0.2) is 8.42 Å². The van der Waals surface area contributed by atoms with Crippen molar-refractivity contribution in [3.63, 3.8) is 0 Å². The zero-order chi connectivity index (χ0) is 19.2. The Kier molecular flexibility index (Phi) is 6.80. The van der Waals surface area contributed by atoms with Crippen molar-refractivity contribution in [2.45, 2.75) is 24.9 Å². The molecule has 26 heavy (non-hydrogen) atoms. The van der Waals surface area contributed by atoms with E-state index in [2.05, 4.69) is 0 Å². The van der Waals surface area contributed by atoms with Gasteiger partial charge in [-0.05, 0) is 30.2 Å². The van der Waals surface area contributed by atoms with Crippen LogP contribution in [0.15, 0.2) is 54.6 Å². The number of rotatable bonds is 8. The molecule has 0 saturated heterocycles. The van der Waals surface area contributed by atoms with Gasteiger partial charge >= 0.3 is 5.97 Å². The summed E-state index contributed by atoms with van der Waals surface area (Å²) in [5.74, 6) is -0.828. The Morgan fingerprint density at radius 2 is 1.65 bits per heavy atom. The molecule has 0 aliphatic heterocycles. The van der Waals surface area contributed by atoms with Crippen molar-refractivity contribution in [2.75, 3.05) is 13.7 Å². The van der Waals surface area contributed by atoms with Gasteiger partial charge < -0.3 is 9.47 Å². The first kappa shape index (κ1) is 20.0. The zero-order valence-corrected chi connectivity index (χ0v) is 16.0. The number of hydrogen-bond donors (Lipinski definition) is 0. The van der Waals surface area contributed by atoms with Crippen LogP contribution in [0.25, 0.3) is 0 Å². The second kappa shape index (κ2) is 8.85. The second-order valence-corrected chi connectivity index (χ2v) is 8.15. The van der Waals surface area contributed by atoms with E-state index in [1.54, 1.807) is 69.5 Å². The molecule has 0 fully saturated rings. The average Bonchev–Trinajstić information content (AvgIpc) is 2.63. The third kappa shape index (κ3) is 4.85. The summed E-state index contributed by atoms with van der Waals surface area (Å²) in [6, 6.07) is 15.7. The summed E-state index contributed by atoms with van der Waals surface area (Å²) >= 11 is 0. The summed E-state index contributed by atoms with van der Waals surface area (Å²) in [4.78, 5) is 12.2. The van der Waals surface area contributed by atoms with E-state index in [1.807, 2.05) is 6.07 Å². The van der Waals surface area contributed by atoms with Crippen LogP contribution < -0.4 is 4.74 Å². The predicted molar refractivity (Wildman–Crippen MR) is 101 cm³/mol. The van der Waals surface area contributed by atoms with E-state index in [0.29, 0.717) is 16.9 Å². The van der Waals surface area contributed by atoms with Crippen molar-refractivity contribution in [1.82, 2.24) is 0 Å². The third-order valence-corrected chi connectivity index (χ3v) is 6.34. The topological polar surface area (TPSA) is 69.7 Å². The van der Waals surface area contributed by atoms with Crippen molar-refractivity contribution >= 4 is 15.8 Å². The average molecular weight is 376 g/mol. The molecule has 0 N–H and O–H groups in total. The van der Waals surface area contributed by atoms with Gasteiger partial charge in [0.05, 0.1) is 30.6 Å². The van der Waals surface area contributed by atoms with Crippen molar-refractivity contribution in [3.8, 4) is 5.75 Å². The van der Waals surface area contributed by atoms with E-state index in [9.17, 15) is 13.2 Å². The van der Waals surface area contributed by atoms with Crippen LogP contribution in [-0.4, -0.2) is 28.1 Å². The molecule has 0 bridgehead atoms. The van der Waals surface area contributed by atoms with Crippen LogP contribution in [0.5, 0.6) is 5.75 Å². The number of hydrogen-bond acceptors (Lipinski definition) is 5. The van der Waals surface area contributed by atoms with Gasteiger partial charge in [-0.2, -0.15) is 0 Å². The van der Waals surface area contributed by atoms with Crippen LogP contribution in [0.1, 0.15) is 30.2 Å². The lowest BCUT2D eigenvalue weighted by Gasteiger charge is -2.23. The van der Waals surface area contributed by atoms with Crippen molar-refractivity contribution < 1.29 is 22.7 Å². The van der Waals surface area contributed by atoms with Gasteiger partial charge in [0, 0.05) is 0 Å². The summed E-state index contributed by atoms with van der Waals surface area (Å²) in [7, 11) is -2.10. The van der Waals surface area contributed by atoms with Crippen LogP contribution in [-0.2, 0) is 25.1 Å². The van der Waals surface area contributed by atoms with Gasteiger partial charge in [-0.15, -0.1) is 0 Å². The highest BCUT2D eigenvalue weighted by atomic mass is 32.2. The molecule has 140 valence electrons. The Labute approximate surface area is 154 Å². The number of sulfone groups is 1. The highest BCUT2D eigenvalue weighted by Gasteiger charge is 2.37. The molecule has 0 radical (unpaired) electrons. The number of carbonyl (C=O) groups excluding carboxylic acids is 1. The van der Waals surface area contributed by atoms with E-state index in [0.717, 1.165) is 0 Å². The SMILES string of the molecule is CCOC(=O)C(C)C(c1ccccc1)S(=O)(=O)Cc1ccc(OC)cc1. The lowest BCUT2D eigenvalue weighted by Crippen LogP contribution is -2.28. The van der Waals surface area contributed by atoms with Gasteiger partial charge in [0.15, 0.2) is 9.84 Å². The number of carbonyl (C=O) groups is 1. The number of esters is 1. The zero-order valence-electron chi connectivity index (χ0n) is 15.2. The molecule has 0 aromatic heterocycles. The van der Waals surface area contributed by atoms with E-state index in [1.165, 1.54) is 0 Å². The molecule has 6 heteroatoms. The molecule has 0 aliphatic rings. The molecular formula is C20H24O5S. The maximum Gasteiger partial charge on any atom is 0.310 e. The van der Waals surface area contributed by atoms with E-state index in [-0.39, 0.29) is 12.4 Å². The third-order valence-electron chi connectivity index (χ3n) is 4.15. The first-order valence-electron chi connectivity index (χ1n) is 8.45. The van der Waals surface area contributed by atoms with Crippen LogP contribution in [0.2, 0.25) is 0 Å². The van der Waals surface area contributed by atoms with Crippen LogP contribution >= 0.6 is 0 Å². The summed E-state index contributed by atoms with van der Waals surface area (Å²) < 4.78 is 36.5. The Hall–Kier alpha value is -2.34. The smallest absolute Gasteiger partial charge is 0.310 e. The Morgan fingerprint density at radius 1 is 1.04 bits per heavy atom. The van der Waals surface area contributed by atoms with Gasteiger partial charge in [-0.1, -0.05) is 49.4 Å². The largest absolute Gasteiger partial charge is 0.497 e. The highest BCUT2D eigenvalue weighted by molar-refractivity contribution is 7.90. The minimum absolute atomic E-state index is 0.166. The fourth-order valence-corrected chi connectivity index (χ4v) is 5.03. The molecule has 0 saturated carbocycles. The standard InChI is InChI=1S/C20H24O5S/c1-4-25-20(21)15(2)19(17-8-6-5-7-9-17)26(22,23)14-16-10-12-18(24-3)13-11-16/h5-13,15,19H,4,14H2,1-3H3.